The minimum Gasteiger partial charge on any atom is -0.487 e. The highest BCUT2D eigenvalue weighted by Gasteiger charge is 2.37. The molecule has 3 heterocycles. The van der Waals surface area contributed by atoms with Crippen molar-refractivity contribution in [2.45, 2.75) is 77.6 Å². The SMILES string of the molecule is CC1(C)CC(=O)c2c(N)c(I)cc(I)c2O1.CC1(C)CC(=O)c2c(N)ccc(I)c2O1.CC1(C)CC(=O)c2c(ccc(I)c2N)O1. The summed E-state index contributed by atoms with van der Waals surface area (Å²) in [5.41, 5.74) is 19.5. The zero-order chi connectivity index (χ0) is 34.5. The van der Waals surface area contributed by atoms with E-state index in [9.17, 15) is 14.4 Å². The van der Waals surface area contributed by atoms with Crippen molar-refractivity contribution in [3.05, 3.63) is 61.3 Å². The Balaban J connectivity index is 0.000000157. The molecular weight excluding hydrogens is 1040 g/mol. The highest BCUT2D eigenvalue weighted by molar-refractivity contribution is 14.1. The van der Waals surface area contributed by atoms with E-state index in [1.165, 1.54) is 0 Å². The smallest absolute Gasteiger partial charge is 0.172 e. The van der Waals surface area contributed by atoms with E-state index < -0.39 is 16.8 Å². The Kier molecular flexibility index (Phi) is 11.1. The van der Waals surface area contributed by atoms with E-state index in [1.807, 2.05) is 65.8 Å². The van der Waals surface area contributed by atoms with Gasteiger partial charge in [0.05, 0.1) is 54.5 Å². The highest BCUT2D eigenvalue weighted by Crippen LogP contribution is 2.42. The first-order valence-corrected chi connectivity index (χ1v) is 18.5. The van der Waals surface area contributed by atoms with Crippen molar-refractivity contribution in [1.82, 2.24) is 0 Å². The third-order valence-corrected chi connectivity index (χ3v) is 10.7. The third kappa shape index (κ3) is 8.15. The van der Waals surface area contributed by atoms with Crippen molar-refractivity contribution < 1.29 is 28.6 Å². The van der Waals surface area contributed by atoms with Crippen molar-refractivity contribution >= 4 is 125 Å². The predicted octanol–water partition coefficient (Wildman–Crippen LogP) is 8.46. The highest BCUT2D eigenvalue weighted by atomic mass is 127. The van der Waals surface area contributed by atoms with Gasteiger partial charge in [-0.1, -0.05) is 0 Å². The molecule has 9 nitrogen and oxygen atoms in total. The summed E-state index contributed by atoms with van der Waals surface area (Å²) in [5, 5.41) is 0. The first kappa shape index (κ1) is 37.2. The molecule has 0 fully saturated rings. The summed E-state index contributed by atoms with van der Waals surface area (Å²) in [4.78, 5) is 35.9. The Labute approximate surface area is 323 Å². The lowest BCUT2D eigenvalue weighted by Gasteiger charge is -2.33. The van der Waals surface area contributed by atoms with Crippen molar-refractivity contribution in [3.63, 3.8) is 0 Å². The number of nitrogens with two attached hydrogens (primary N) is 3. The van der Waals surface area contributed by atoms with Gasteiger partial charge in [0.2, 0.25) is 0 Å². The second kappa shape index (κ2) is 13.7. The van der Waals surface area contributed by atoms with Crippen molar-refractivity contribution in [2.24, 2.45) is 0 Å². The Hall–Kier alpha value is -1.61. The molecule has 0 atom stereocenters. The summed E-state index contributed by atoms with van der Waals surface area (Å²) >= 11 is 8.58. The van der Waals surface area contributed by atoms with E-state index in [-0.39, 0.29) is 17.3 Å². The van der Waals surface area contributed by atoms with Gasteiger partial charge in [-0.15, -0.1) is 0 Å². The second-order valence-corrected chi connectivity index (χ2v) is 17.7. The fourth-order valence-electron chi connectivity index (χ4n) is 5.28. The van der Waals surface area contributed by atoms with E-state index in [2.05, 4.69) is 90.4 Å². The molecule has 0 bridgehead atoms. The number of fused-ring (bicyclic) bond motifs is 3. The molecule has 0 unspecified atom stereocenters. The zero-order valence-electron chi connectivity index (χ0n) is 26.2. The fourth-order valence-corrected chi connectivity index (χ4v) is 8.16. The number of Topliss-reactive ketones (excluding diaryl/α,β-unsaturated/α-hetero) is 3. The average molecular weight is 1080 g/mol. The Morgan fingerprint density at radius 1 is 0.543 bits per heavy atom. The lowest BCUT2D eigenvalue weighted by atomic mass is 9.92. The first-order chi connectivity index (χ1) is 21.1. The minimum absolute atomic E-state index is 0.0669. The van der Waals surface area contributed by atoms with E-state index in [4.69, 9.17) is 31.4 Å². The van der Waals surface area contributed by atoms with Gasteiger partial charge < -0.3 is 31.4 Å². The van der Waals surface area contributed by atoms with Gasteiger partial charge in [0.15, 0.2) is 17.3 Å². The van der Waals surface area contributed by atoms with Crippen LogP contribution in [0.4, 0.5) is 17.1 Å². The van der Waals surface area contributed by atoms with Gasteiger partial charge in [0.1, 0.15) is 34.1 Å². The monoisotopic (exact) mass is 1080 g/mol. The zero-order valence-corrected chi connectivity index (χ0v) is 34.8. The maximum Gasteiger partial charge on any atom is 0.172 e. The number of rotatable bonds is 0. The summed E-state index contributed by atoms with van der Waals surface area (Å²) < 4.78 is 21.0. The van der Waals surface area contributed by atoms with Crippen molar-refractivity contribution in [3.8, 4) is 17.2 Å². The maximum absolute atomic E-state index is 12.1. The molecule has 0 radical (unpaired) electrons. The number of ketones is 3. The topological polar surface area (TPSA) is 157 Å². The Bertz CT molecular complexity index is 1760. The van der Waals surface area contributed by atoms with E-state index in [1.54, 1.807) is 6.07 Å². The molecule has 246 valence electrons. The van der Waals surface area contributed by atoms with Crippen LogP contribution in [0.1, 0.15) is 91.9 Å². The molecule has 46 heavy (non-hydrogen) atoms. The second-order valence-electron chi connectivity index (χ2n) is 13.0. The summed E-state index contributed by atoms with van der Waals surface area (Å²) in [6.07, 6.45) is 1.13. The number of carbonyl (C=O) groups excluding carboxylic acids is 3. The van der Waals surface area contributed by atoms with Crippen LogP contribution in [0.5, 0.6) is 17.2 Å². The molecule has 0 saturated heterocycles. The molecule has 3 aliphatic heterocycles. The van der Waals surface area contributed by atoms with Gasteiger partial charge >= 0.3 is 0 Å². The number of ether oxygens (including phenoxy) is 3. The van der Waals surface area contributed by atoms with Gasteiger partial charge in [-0.25, -0.2) is 0 Å². The number of carbonyl (C=O) groups is 3. The number of hydrogen-bond acceptors (Lipinski definition) is 9. The molecule has 6 N–H and O–H groups in total. The van der Waals surface area contributed by atoms with Crippen LogP contribution in [0.2, 0.25) is 0 Å². The third-order valence-electron chi connectivity index (χ3n) is 7.26. The molecule has 13 heteroatoms. The maximum atomic E-state index is 12.1. The molecule has 0 aliphatic carbocycles. The molecule has 0 aromatic heterocycles. The van der Waals surface area contributed by atoms with Crippen LogP contribution < -0.4 is 31.4 Å². The van der Waals surface area contributed by atoms with Crippen LogP contribution in [-0.4, -0.2) is 34.2 Å². The van der Waals surface area contributed by atoms with Gasteiger partial charge in [0, 0.05) is 12.8 Å². The largest absolute Gasteiger partial charge is 0.487 e. The molecule has 0 spiro atoms. The normalized spacial score (nSPS) is 18.1. The number of nitrogen functional groups attached to an aromatic ring is 3. The van der Waals surface area contributed by atoms with Crippen molar-refractivity contribution in [1.29, 1.82) is 0 Å². The molecule has 6 rings (SSSR count). The molecular formula is C33H35I4N3O6. The Morgan fingerprint density at radius 3 is 1.54 bits per heavy atom. The van der Waals surface area contributed by atoms with Crippen LogP contribution in [0.15, 0.2) is 30.3 Å². The lowest BCUT2D eigenvalue weighted by molar-refractivity contribution is 0.0604. The number of anilines is 3. The number of benzene rings is 3. The number of halogens is 4. The molecule has 0 saturated carbocycles. The van der Waals surface area contributed by atoms with Gasteiger partial charge in [0.25, 0.3) is 0 Å². The number of hydrogen-bond donors (Lipinski definition) is 3. The van der Waals surface area contributed by atoms with Crippen LogP contribution in [0.3, 0.4) is 0 Å². The van der Waals surface area contributed by atoms with Crippen LogP contribution in [-0.2, 0) is 0 Å². The molecule has 3 aromatic rings. The molecule has 0 amide bonds. The van der Waals surface area contributed by atoms with Crippen molar-refractivity contribution in [2.75, 3.05) is 17.2 Å². The quantitative estimate of drug-likeness (QED) is 0.149. The van der Waals surface area contributed by atoms with Gasteiger partial charge in [-0.05, 0) is 162 Å². The first-order valence-electron chi connectivity index (χ1n) is 14.2. The van der Waals surface area contributed by atoms with Gasteiger partial charge in [-0.2, -0.15) is 0 Å². The van der Waals surface area contributed by atoms with Gasteiger partial charge in [-0.3, -0.25) is 14.4 Å². The van der Waals surface area contributed by atoms with E-state index in [0.29, 0.717) is 70.3 Å². The van der Waals surface area contributed by atoms with Crippen LogP contribution >= 0.6 is 90.4 Å². The molecule has 3 aliphatic rings. The standard InChI is InChI=1S/C11H11I2NO2.2C11H12INO2/c1-11(2)4-7(15)8-9(14)5(12)3-6(13)10(8)16-11;1-11(2)5-7(14)9-8(15-11)4-3-6(12)10(9)13;1-11(2)5-8(14)9-7(13)4-3-6(12)10(9)15-11/h3H,4,14H2,1-2H3;2*3-4H,5,13H2,1-2H3. The lowest BCUT2D eigenvalue weighted by Crippen LogP contribution is -2.36. The van der Waals surface area contributed by atoms with Crippen LogP contribution in [0.25, 0.3) is 0 Å². The van der Waals surface area contributed by atoms with E-state index in [0.717, 1.165) is 14.3 Å². The predicted molar refractivity (Wildman–Crippen MR) is 214 cm³/mol. The summed E-state index contributed by atoms with van der Waals surface area (Å²) in [6.45, 7) is 11.5. The van der Waals surface area contributed by atoms with Crippen LogP contribution in [0, 0.1) is 14.3 Å². The molecule has 3 aromatic carbocycles. The Morgan fingerprint density at radius 2 is 0.978 bits per heavy atom. The minimum atomic E-state index is -0.441. The van der Waals surface area contributed by atoms with E-state index >= 15 is 0 Å². The average Bonchev–Trinajstić information content (AvgIpc) is 2.90. The summed E-state index contributed by atoms with van der Waals surface area (Å²) in [5.74, 6) is 2.08. The summed E-state index contributed by atoms with van der Waals surface area (Å²) in [7, 11) is 0. The fraction of sp³-hybridized carbons (Fsp3) is 0.364. The summed E-state index contributed by atoms with van der Waals surface area (Å²) in [6, 6.07) is 9.23.